The highest BCUT2D eigenvalue weighted by atomic mass is 16.4. The van der Waals surface area contributed by atoms with Crippen molar-refractivity contribution in [1.82, 2.24) is 10.6 Å². The molecule has 0 saturated heterocycles. The number of unbranched alkanes of at least 4 members (excludes halogenated alkanes) is 2. The van der Waals surface area contributed by atoms with Gasteiger partial charge in [0.05, 0.1) is 6.07 Å². The van der Waals surface area contributed by atoms with Crippen molar-refractivity contribution in [2.45, 2.75) is 51.1 Å². The maximum Gasteiger partial charge on any atom is 0.326 e. The van der Waals surface area contributed by atoms with Crippen LogP contribution in [0.3, 0.4) is 0 Å². The number of nitrogens with one attached hydrogen (secondary N) is 2. The highest BCUT2D eigenvalue weighted by Gasteiger charge is 2.25. The summed E-state index contributed by atoms with van der Waals surface area (Å²) in [6, 6.07) is 9.27. The Bertz CT molecular complexity index is 625. The molecule has 0 unspecified atom stereocenters. The number of benzene rings is 1. The van der Waals surface area contributed by atoms with Crippen LogP contribution in [0.5, 0.6) is 0 Å². The van der Waals surface area contributed by atoms with Crippen LogP contribution in [0.1, 0.15) is 38.2 Å². The predicted molar refractivity (Wildman–Crippen MR) is 91.4 cm³/mol. The Morgan fingerprint density at radius 3 is 2.36 bits per heavy atom. The molecule has 0 aliphatic rings. The van der Waals surface area contributed by atoms with E-state index >= 15 is 0 Å². The number of hydrogen-bond donors (Lipinski definition) is 3. The third kappa shape index (κ3) is 7.97. The summed E-state index contributed by atoms with van der Waals surface area (Å²) in [5.74, 6) is -2.03. The molecule has 0 fully saturated rings. The van der Waals surface area contributed by atoms with Gasteiger partial charge in [0.2, 0.25) is 11.8 Å². The smallest absolute Gasteiger partial charge is 0.326 e. The molecular weight excluding hydrogens is 322 g/mol. The van der Waals surface area contributed by atoms with Crippen molar-refractivity contribution in [3.05, 3.63) is 35.9 Å². The zero-order chi connectivity index (χ0) is 18.7. The number of nitrogens with zero attached hydrogens (tertiary/aromatic N) is 1. The number of amides is 2. The molecule has 0 radical (unpaired) electrons. The Labute approximate surface area is 147 Å². The average molecular weight is 345 g/mol. The first kappa shape index (κ1) is 20.2. The SMILES string of the molecule is CC(=O)N[C@H](Cc1ccccc1)C(=O)N[C@H](CCCCC#N)C(=O)O. The van der Waals surface area contributed by atoms with Crippen LogP contribution in [-0.2, 0) is 20.8 Å². The number of carboxylic acid groups (broad SMARTS) is 1. The molecule has 0 heterocycles. The standard InChI is InChI=1S/C18H23N3O4/c1-13(22)20-16(12-14-8-4-2-5-9-14)17(23)21-15(18(24)25)10-6-3-7-11-19/h2,4-5,8-9,15-16H,3,6-7,10,12H2,1H3,(H,20,22)(H,21,23)(H,24,25)/t15-,16-/m1/s1. The first-order chi connectivity index (χ1) is 11.9. The molecule has 7 nitrogen and oxygen atoms in total. The van der Waals surface area contributed by atoms with Crippen molar-refractivity contribution < 1.29 is 19.5 Å². The van der Waals surface area contributed by atoms with E-state index in [-0.39, 0.29) is 18.7 Å². The van der Waals surface area contributed by atoms with Gasteiger partial charge in [0, 0.05) is 19.8 Å². The molecule has 2 amide bonds. The second kappa shape index (κ2) is 10.8. The lowest BCUT2D eigenvalue weighted by Crippen LogP contribution is -2.52. The lowest BCUT2D eigenvalue weighted by Gasteiger charge is -2.21. The zero-order valence-electron chi connectivity index (χ0n) is 14.2. The van der Waals surface area contributed by atoms with Crippen LogP contribution in [0.4, 0.5) is 0 Å². The molecule has 0 bridgehead atoms. The summed E-state index contributed by atoms with van der Waals surface area (Å²) in [6.07, 6.45) is 1.96. The molecule has 3 N–H and O–H groups in total. The van der Waals surface area contributed by atoms with Gasteiger partial charge in [0.1, 0.15) is 12.1 Å². The fourth-order valence-corrected chi connectivity index (χ4v) is 2.39. The zero-order valence-corrected chi connectivity index (χ0v) is 14.2. The Kier molecular flexibility index (Phi) is 8.72. The highest BCUT2D eigenvalue weighted by molar-refractivity contribution is 5.90. The van der Waals surface area contributed by atoms with Crippen molar-refractivity contribution in [1.29, 1.82) is 5.26 Å². The van der Waals surface area contributed by atoms with Gasteiger partial charge in [-0.1, -0.05) is 30.3 Å². The summed E-state index contributed by atoms with van der Waals surface area (Å²) in [6.45, 7) is 1.31. The molecule has 0 aliphatic carbocycles. The maximum atomic E-state index is 12.4. The van der Waals surface area contributed by atoms with Gasteiger partial charge in [-0.05, 0) is 24.8 Å². The van der Waals surface area contributed by atoms with Crippen LogP contribution < -0.4 is 10.6 Å². The van der Waals surface area contributed by atoms with E-state index in [0.29, 0.717) is 19.3 Å². The van der Waals surface area contributed by atoms with E-state index in [2.05, 4.69) is 10.6 Å². The van der Waals surface area contributed by atoms with Crippen molar-refractivity contribution in [3.63, 3.8) is 0 Å². The number of rotatable bonds is 10. The molecule has 1 aromatic rings. The van der Waals surface area contributed by atoms with Crippen LogP contribution in [0.2, 0.25) is 0 Å². The lowest BCUT2D eigenvalue weighted by atomic mass is 10.0. The van der Waals surface area contributed by atoms with Crippen LogP contribution in [0.25, 0.3) is 0 Å². The Balaban J connectivity index is 2.72. The Hall–Kier alpha value is -2.88. The van der Waals surface area contributed by atoms with Crippen LogP contribution in [0.15, 0.2) is 30.3 Å². The van der Waals surface area contributed by atoms with E-state index < -0.39 is 24.0 Å². The molecule has 2 atom stereocenters. The van der Waals surface area contributed by atoms with Gasteiger partial charge in [-0.25, -0.2) is 4.79 Å². The minimum atomic E-state index is -1.13. The third-order valence-corrected chi connectivity index (χ3v) is 3.62. The van der Waals surface area contributed by atoms with Gasteiger partial charge < -0.3 is 15.7 Å². The quantitative estimate of drug-likeness (QED) is 0.554. The highest BCUT2D eigenvalue weighted by Crippen LogP contribution is 2.07. The average Bonchev–Trinajstić information content (AvgIpc) is 2.57. The number of carboxylic acids is 1. The number of aliphatic carboxylic acids is 1. The Morgan fingerprint density at radius 1 is 1.12 bits per heavy atom. The van der Waals surface area contributed by atoms with E-state index in [0.717, 1.165) is 5.56 Å². The topological polar surface area (TPSA) is 119 Å². The summed E-state index contributed by atoms with van der Waals surface area (Å²) >= 11 is 0. The van der Waals surface area contributed by atoms with Crippen molar-refractivity contribution in [2.24, 2.45) is 0 Å². The predicted octanol–water partition coefficient (Wildman–Crippen LogP) is 1.39. The first-order valence-electron chi connectivity index (χ1n) is 8.15. The largest absolute Gasteiger partial charge is 0.480 e. The van der Waals surface area contributed by atoms with Crippen LogP contribution in [0, 0.1) is 11.3 Å². The van der Waals surface area contributed by atoms with Gasteiger partial charge in [-0.3, -0.25) is 9.59 Å². The molecular formula is C18H23N3O4. The summed E-state index contributed by atoms with van der Waals surface area (Å²) in [4.78, 5) is 35.2. The molecule has 7 heteroatoms. The molecule has 1 rings (SSSR count). The maximum absolute atomic E-state index is 12.4. The summed E-state index contributed by atoms with van der Waals surface area (Å²) < 4.78 is 0. The van der Waals surface area contributed by atoms with E-state index in [1.807, 2.05) is 36.4 Å². The number of carbonyl (C=O) groups is 3. The molecule has 134 valence electrons. The number of hydrogen-bond acceptors (Lipinski definition) is 4. The molecule has 0 spiro atoms. The minimum absolute atomic E-state index is 0.237. The van der Waals surface area contributed by atoms with Crippen LogP contribution in [-0.4, -0.2) is 35.0 Å². The van der Waals surface area contributed by atoms with Crippen molar-refractivity contribution in [2.75, 3.05) is 0 Å². The minimum Gasteiger partial charge on any atom is -0.480 e. The van der Waals surface area contributed by atoms with Gasteiger partial charge in [-0.2, -0.15) is 5.26 Å². The van der Waals surface area contributed by atoms with Crippen molar-refractivity contribution in [3.8, 4) is 6.07 Å². The first-order valence-corrected chi connectivity index (χ1v) is 8.15. The molecule has 25 heavy (non-hydrogen) atoms. The molecule has 0 aromatic heterocycles. The second-order valence-corrected chi connectivity index (χ2v) is 5.75. The van der Waals surface area contributed by atoms with E-state index in [1.54, 1.807) is 0 Å². The fraction of sp³-hybridized carbons (Fsp3) is 0.444. The van der Waals surface area contributed by atoms with Crippen LogP contribution >= 0.6 is 0 Å². The van der Waals surface area contributed by atoms with Gasteiger partial charge in [0.15, 0.2) is 0 Å². The number of carbonyl (C=O) groups excluding carboxylic acids is 2. The lowest BCUT2D eigenvalue weighted by molar-refractivity contribution is -0.142. The third-order valence-electron chi connectivity index (χ3n) is 3.62. The normalized spacial score (nSPS) is 12.5. The molecule has 0 saturated carbocycles. The molecule has 0 aliphatic heterocycles. The van der Waals surface area contributed by atoms with Gasteiger partial charge >= 0.3 is 5.97 Å². The monoisotopic (exact) mass is 345 g/mol. The fourth-order valence-electron chi connectivity index (χ4n) is 2.39. The van der Waals surface area contributed by atoms with E-state index in [9.17, 15) is 19.5 Å². The number of nitriles is 1. The summed E-state index contributed by atoms with van der Waals surface area (Å²) in [5, 5.41) is 22.8. The molecule has 1 aromatic carbocycles. The summed E-state index contributed by atoms with van der Waals surface area (Å²) in [7, 11) is 0. The van der Waals surface area contributed by atoms with E-state index in [4.69, 9.17) is 5.26 Å². The Morgan fingerprint density at radius 2 is 1.80 bits per heavy atom. The second-order valence-electron chi connectivity index (χ2n) is 5.75. The summed E-state index contributed by atoms with van der Waals surface area (Å²) in [5.41, 5.74) is 0.859. The van der Waals surface area contributed by atoms with Gasteiger partial charge in [-0.15, -0.1) is 0 Å². The van der Waals surface area contributed by atoms with E-state index in [1.165, 1.54) is 6.92 Å². The van der Waals surface area contributed by atoms with Crippen molar-refractivity contribution >= 4 is 17.8 Å². The van der Waals surface area contributed by atoms with Gasteiger partial charge in [0.25, 0.3) is 0 Å².